The first-order chi connectivity index (χ1) is 16.5. The third-order valence-corrected chi connectivity index (χ3v) is 14.4. The van der Waals surface area contributed by atoms with Crippen molar-refractivity contribution in [3.05, 3.63) is 82.4 Å². The summed E-state index contributed by atoms with van der Waals surface area (Å²) in [5.74, 6) is 0.877. The maximum atomic E-state index is 15.5. The molecule has 2 aliphatic rings. The van der Waals surface area contributed by atoms with Gasteiger partial charge in [-0.05, 0) is 0 Å². The summed E-state index contributed by atoms with van der Waals surface area (Å²) >= 11 is -11.3. The minimum absolute atomic E-state index is 0.215. The van der Waals surface area contributed by atoms with Gasteiger partial charge in [0.1, 0.15) is 0 Å². The molecule has 3 nitrogen and oxygen atoms in total. The zero-order valence-corrected chi connectivity index (χ0v) is 21.5. The van der Waals surface area contributed by atoms with Crippen molar-refractivity contribution < 1.29 is 16.2 Å². The van der Waals surface area contributed by atoms with Crippen LogP contribution in [0.25, 0.3) is 27.5 Å². The predicted molar refractivity (Wildman–Crippen MR) is 146 cm³/mol. The first kappa shape index (κ1) is 20.9. The molecule has 1 aromatic heterocycles. The van der Waals surface area contributed by atoms with Crippen molar-refractivity contribution in [2.45, 2.75) is 0 Å². The van der Waals surface area contributed by atoms with Gasteiger partial charge in [0, 0.05) is 0 Å². The quantitative estimate of drug-likeness (QED) is 0.109. The van der Waals surface area contributed by atoms with Crippen LogP contribution in [0.1, 0.15) is 0 Å². The number of para-hydroxylation sites is 3. The topological polar surface area (TPSA) is 26.5 Å². The van der Waals surface area contributed by atoms with Gasteiger partial charge in [-0.3, -0.25) is 0 Å². The summed E-state index contributed by atoms with van der Waals surface area (Å²) in [4.78, 5) is 0. The molecule has 0 saturated heterocycles. The Hall–Kier alpha value is -2.48. The SMILES string of the molecule is FI(F)N=I(F)(F)c1cc2c3c4c1c1ccccc1n4-c1ccccc1B3c1ccccc1O2. The number of hydrogen-bond donors (Lipinski definition) is 0. The van der Waals surface area contributed by atoms with E-state index in [1.54, 1.807) is 12.1 Å². The van der Waals surface area contributed by atoms with Gasteiger partial charge < -0.3 is 0 Å². The molecule has 34 heavy (non-hydrogen) atoms. The zero-order valence-electron chi connectivity index (χ0n) is 17.2. The molecule has 170 valence electrons. The van der Waals surface area contributed by atoms with Crippen LogP contribution in [-0.4, -0.2) is 11.3 Å². The zero-order chi connectivity index (χ0) is 23.2. The normalized spacial score (nSPS) is 14.5. The molecule has 4 aromatic carbocycles. The number of aromatic nitrogens is 1. The molecule has 0 bridgehead atoms. The summed E-state index contributed by atoms with van der Waals surface area (Å²) in [5.41, 5.74) is 5.03. The van der Waals surface area contributed by atoms with Gasteiger partial charge in [-0.1, -0.05) is 0 Å². The van der Waals surface area contributed by atoms with Crippen molar-refractivity contribution in [1.29, 1.82) is 0 Å². The van der Waals surface area contributed by atoms with Crippen LogP contribution in [0.2, 0.25) is 0 Å². The first-order valence-corrected chi connectivity index (χ1v) is 16.6. The van der Waals surface area contributed by atoms with Crippen LogP contribution >= 0.6 is 40.6 Å². The second kappa shape index (κ2) is 7.26. The van der Waals surface area contributed by atoms with Gasteiger partial charge in [0.2, 0.25) is 0 Å². The van der Waals surface area contributed by atoms with Crippen molar-refractivity contribution in [1.82, 2.24) is 4.57 Å². The van der Waals surface area contributed by atoms with Crippen LogP contribution in [0, 0.1) is 3.57 Å². The fourth-order valence-corrected chi connectivity index (χ4v) is 11.4. The van der Waals surface area contributed by atoms with E-state index in [4.69, 9.17) is 4.74 Å². The van der Waals surface area contributed by atoms with Crippen LogP contribution in [0.3, 0.4) is 0 Å². The Kier molecular flexibility index (Phi) is 4.46. The Morgan fingerprint density at radius 3 is 2.38 bits per heavy atom. The van der Waals surface area contributed by atoms with Crippen LogP contribution in [0.5, 0.6) is 11.5 Å². The maximum absolute atomic E-state index is 15.5. The summed E-state index contributed by atoms with van der Waals surface area (Å²) < 4.78 is 68.0. The van der Waals surface area contributed by atoms with E-state index in [0.717, 1.165) is 27.6 Å². The Bertz CT molecular complexity index is 1730. The van der Waals surface area contributed by atoms with E-state index in [0.29, 0.717) is 27.8 Å². The fourth-order valence-electron chi connectivity index (χ4n) is 5.35. The van der Waals surface area contributed by atoms with E-state index in [1.807, 2.05) is 65.2 Å². The standard InChI is InChI=1S/C24H13BF4I2N2O/c26-30(27)32-31(28,29)17-13-21-23-24-22(17)14-7-1-4-10-18(14)33(24)19-11-5-2-8-15(19)25(23)16-9-3-6-12-20(16)34-21/h1-13H. The van der Waals surface area contributed by atoms with Crippen LogP contribution in [-0.2, 0) is 0 Å². The molecule has 10 heteroatoms. The molecular formula is C24H13BF4I2N2O. The van der Waals surface area contributed by atoms with Crippen LogP contribution in [0.15, 0.2) is 80.2 Å². The van der Waals surface area contributed by atoms with Gasteiger partial charge in [-0.25, -0.2) is 0 Å². The van der Waals surface area contributed by atoms with Crippen molar-refractivity contribution >= 4 is 85.6 Å². The summed E-state index contributed by atoms with van der Waals surface area (Å²) in [7, 11) is 0. The monoisotopic (exact) mass is 686 g/mol. The number of halogens is 6. The van der Waals surface area contributed by atoms with E-state index < -0.39 is 40.6 Å². The summed E-state index contributed by atoms with van der Waals surface area (Å²) in [5, 5.41) is 0.931. The molecule has 0 spiro atoms. The molecule has 0 saturated carbocycles. The molecule has 3 heterocycles. The number of fused-ring (bicyclic) bond motifs is 8. The van der Waals surface area contributed by atoms with Gasteiger partial charge in [0.25, 0.3) is 0 Å². The van der Waals surface area contributed by atoms with Gasteiger partial charge in [-0.2, -0.15) is 0 Å². The summed E-state index contributed by atoms with van der Waals surface area (Å²) in [6.07, 6.45) is 0. The minimum atomic E-state index is -6.32. The van der Waals surface area contributed by atoms with E-state index in [9.17, 15) is 5.72 Å². The molecule has 0 amide bonds. The van der Waals surface area contributed by atoms with Gasteiger partial charge >= 0.3 is 207 Å². The third kappa shape index (κ3) is 2.75. The van der Waals surface area contributed by atoms with Crippen molar-refractivity contribution in [3.8, 4) is 17.2 Å². The number of nitrogens with zero attached hydrogens (tertiary/aromatic N) is 2. The average Bonchev–Trinajstić information content (AvgIpc) is 3.17. The number of rotatable bonds is 2. The third-order valence-electron chi connectivity index (χ3n) is 6.49. The first-order valence-electron chi connectivity index (χ1n) is 10.4. The van der Waals surface area contributed by atoms with Gasteiger partial charge in [0.05, 0.1) is 0 Å². The predicted octanol–water partition coefficient (Wildman–Crippen LogP) is 7.07. The van der Waals surface area contributed by atoms with Crippen LogP contribution < -0.4 is 21.1 Å². The molecule has 0 N–H and O–H groups in total. The molecule has 5 aromatic rings. The Balaban J connectivity index is 1.75. The Labute approximate surface area is 206 Å². The number of benzene rings is 4. The van der Waals surface area contributed by atoms with Crippen molar-refractivity contribution in [3.63, 3.8) is 0 Å². The van der Waals surface area contributed by atoms with E-state index >= 15 is 5.72 Å². The van der Waals surface area contributed by atoms with Crippen molar-refractivity contribution in [2.24, 2.45) is 1.36 Å². The fraction of sp³-hybridized carbons (Fsp3) is 0. The molecular weight excluding hydrogens is 673 g/mol. The number of ether oxygens (including phenoxy) is 1. The molecule has 0 aliphatic carbocycles. The second-order valence-electron chi connectivity index (χ2n) is 8.13. The van der Waals surface area contributed by atoms with E-state index in [2.05, 4.69) is 1.36 Å². The van der Waals surface area contributed by atoms with Crippen molar-refractivity contribution in [2.75, 3.05) is 0 Å². The molecule has 0 fully saturated rings. The van der Waals surface area contributed by atoms with E-state index in [-0.39, 0.29) is 10.3 Å². The van der Waals surface area contributed by atoms with Crippen LogP contribution in [0.4, 0.5) is 11.4 Å². The Morgan fingerprint density at radius 2 is 1.56 bits per heavy atom. The summed E-state index contributed by atoms with van der Waals surface area (Å²) in [6, 6.07) is 24.1. The molecule has 0 radical (unpaired) electrons. The molecule has 2 aliphatic heterocycles. The van der Waals surface area contributed by atoms with Gasteiger partial charge in [-0.15, -0.1) is 0 Å². The molecule has 0 unspecified atom stereocenters. The molecule has 7 rings (SSSR count). The second-order valence-corrected chi connectivity index (χ2v) is 15.5. The number of hydrogen-bond acceptors (Lipinski definition) is 2. The average molecular weight is 686 g/mol. The Morgan fingerprint density at radius 1 is 0.853 bits per heavy atom. The molecule has 0 atom stereocenters. The summed E-state index contributed by atoms with van der Waals surface area (Å²) in [6.45, 7) is -0.215. The van der Waals surface area contributed by atoms with Gasteiger partial charge in [0.15, 0.2) is 0 Å². The van der Waals surface area contributed by atoms with E-state index in [1.165, 1.54) is 6.07 Å².